The number of hydrogen-bond acceptors (Lipinski definition) is 2. The van der Waals surface area contributed by atoms with Gasteiger partial charge in [0.15, 0.2) is 5.96 Å². The van der Waals surface area contributed by atoms with Crippen molar-refractivity contribution in [2.45, 2.75) is 58.7 Å². The van der Waals surface area contributed by atoms with Crippen LogP contribution in [0.15, 0.2) is 23.2 Å². The van der Waals surface area contributed by atoms with Gasteiger partial charge in [0.2, 0.25) is 0 Å². The van der Waals surface area contributed by atoms with Crippen molar-refractivity contribution < 1.29 is 9.50 Å². The van der Waals surface area contributed by atoms with Crippen LogP contribution in [0.1, 0.15) is 50.7 Å². The first-order valence-electron chi connectivity index (χ1n) is 7.96. The molecule has 22 heavy (non-hydrogen) atoms. The Morgan fingerprint density at radius 1 is 1.36 bits per heavy atom. The summed E-state index contributed by atoms with van der Waals surface area (Å²) in [5.74, 6) is 0.358. The average molecular weight is 309 g/mol. The molecule has 1 rings (SSSR count). The predicted octanol–water partition coefficient (Wildman–Crippen LogP) is 2.95. The van der Waals surface area contributed by atoms with Crippen LogP contribution < -0.4 is 10.6 Å². The highest BCUT2D eigenvalue weighted by molar-refractivity contribution is 5.79. The Hall–Kier alpha value is -1.62. The van der Waals surface area contributed by atoms with Crippen LogP contribution in [0, 0.1) is 5.82 Å². The molecule has 0 saturated heterocycles. The van der Waals surface area contributed by atoms with E-state index in [1.807, 2.05) is 0 Å². The van der Waals surface area contributed by atoms with Gasteiger partial charge in [-0.15, -0.1) is 0 Å². The number of benzene rings is 1. The summed E-state index contributed by atoms with van der Waals surface area (Å²) in [5, 5.41) is 15.7. The summed E-state index contributed by atoms with van der Waals surface area (Å²) < 4.78 is 13.3. The van der Waals surface area contributed by atoms with Gasteiger partial charge in [0.25, 0.3) is 0 Å². The first-order chi connectivity index (χ1) is 10.6. The molecule has 0 aliphatic carbocycles. The zero-order chi connectivity index (χ0) is 16.4. The number of nitrogens with zero attached hydrogens (tertiary/aromatic N) is 1. The molecule has 124 valence electrons. The third-order valence-electron chi connectivity index (χ3n) is 3.59. The van der Waals surface area contributed by atoms with E-state index in [2.05, 4.69) is 29.5 Å². The number of halogens is 1. The van der Waals surface area contributed by atoms with Gasteiger partial charge >= 0.3 is 0 Å². The topological polar surface area (TPSA) is 56.7 Å². The molecule has 1 aromatic carbocycles. The van der Waals surface area contributed by atoms with Crippen molar-refractivity contribution >= 4 is 5.96 Å². The summed E-state index contributed by atoms with van der Waals surface area (Å²) in [6.45, 7) is 4.59. The summed E-state index contributed by atoms with van der Waals surface area (Å²) in [6.07, 6.45) is 4.79. The Labute approximate surface area is 132 Å². The smallest absolute Gasteiger partial charge is 0.191 e. The Morgan fingerprint density at radius 3 is 2.77 bits per heavy atom. The minimum atomic E-state index is -0.377. The molecule has 1 unspecified atom stereocenters. The zero-order valence-electron chi connectivity index (χ0n) is 13.8. The van der Waals surface area contributed by atoms with Gasteiger partial charge in [0, 0.05) is 25.2 Å². The summed E-state index contributed by atoms with van der Waals surface area (Å²) in [7, 11) is 1.73. The Bertz CT molecular complexity index is 477. The molecule has 0 aromatic heterocycles. The minimum Gasteiger partial charge on any atom is -0.392 e. The summed E-state index contributed by atoms with van der Waals surface area (Å²) in [5.41, 5.74) is 1.22. The van der Waals surface area contributed by atoms with Gasteiger partial charge in [0.1, 0.15) is 5.82 Å². The number of aliphatic hydroxyl groups excluding tert-OH is 1. The van der Waals surface area contributed by atoms with Crippen LogP contribution >= 0.6 is 0 Å². The Balaban J connectivity index is 2.47. The lowest BCUT2D eigenvalue weighted by molar-refractivity contribution is 0.275. The molecule has 0 radical (unpaired) electrons. The van der Waals surface area contributed by atoms with Gasteiger partial charge in [-0.2, -0.15) is 0 Å². The molecular weight excluding hydrogens is 281 g/mol. The highest BCUT2D eigenvalue weighted by Gasteiger charge is 2.06. The maximum absolute atomic E-state index is 13.3. The highest BCUT2D eigenvalue weighted by Crippen LogP contribution is 2.10. The van der Waals surface area contributed by atoms with Gasteiger partial charge in [0.05, 0.1) is 6.61 Å². The number of guanidine groups is 1. The molecular formula is C17H28FN3O. The maximum Gasteiger partial charge on any atom is 0.191 e. The van der Waals surface area contributed by atoms with Crippen molar-refractivity contribution in [3.63, 3.8) is 0 Å². The number of aliphatic imine (C=N–C) groups is 1. The van der Waals surface area contributed by atoms with E-state index in [4.69, 9.17) is 5.11 Å². The SMILES string of the molecule is CCCCCC(C)NC(=NC)NCc1ccc(F)c(CO)c1. The fraction of sp³-hybridized carbons (Fsp3) is 0.588. The van der Waals surface area contributed by atoms with E-state index in [0.717, 1.165) is 17.9 Å². The number of aliphatic hydroxyl groups is 1. The molecule has 0 saturated carbocycles. The fourth-order valence-corrected chi connectivity index (χ4v) is 2.25. The quantitative estimate of drug-likeness (QED) is 0.393. The van der Waals surface area contributed by atoms with E-state index in [0.29, 0.717) is 18.2 Å². The predicted molar refractivity (Wildman–Crippen MR) is 89.3 cm³/mol. The van der Waals surface area contributed by atoms with E-state index >= 15 is 0 Å². The molecule has 0 spiro atoms. The van der Waals surface area contributed by atoms with E-state index < -0.39 is 0 Å². The lowest BCUT2D eigenvalue weighted by Gasteiger charge is -2.18. The monoisotopic (exact) mass is 309 g/mol. The van der Waals surface area contributed by atoms with Crippen LogP contribution in [0.5, 0.6) is 0 Å². The Morgan fingerprint density at radius 2 is 2.14 bits per heavy atom. The molecule has 0 aliphatic rings. The molecule has 0 amide bonds. The van der Waals surface area contributed by atoms with Gasteiger partial charge in [-0.05, 0) is 31.0 Å². The van der Waals surface area contributed by atoms with E-state index in [-0.39, 0.29) is 12.4 Å². The van der Waals surface area contributed by atoms with Crippen LogP contribution in [0.3, 0.4) is 0 Å². The third-order valence-corrected chi connectivity index (χ3v) is 3.59. The molecule has 5 heteroatoms. The maximum atomic E-state index is 13.3. The molecule has 0 fully saturated rings. The zero-order valence-corrected chi connectivity index (χ0v) is 13.8. The van der Waals surface area contributed by atoms with Crippen molar-refractivity contribution in [1.29, 1.82) is 0 Å². The highest BCUT2D eigenvalue weighted by atomic mass is 19.1. The lowest BCUT2D eigenvalue weighted by atomic mass is 10.1. The second-order valence-corrected chi connectivity index (χ2v) is 5.55. The van der Waals surface area contributed by atoms with Crippen LogP contribution in [-0.4, -0.2) is 24.2 Å². The number of unbranched alkanes of at least 4 members (excludes halogenated alkanes) is 2. The number of nitrogens with one attached hydrogen (secondary N) is 2. The van der Waals surface area contributed by atoms with Crippen molar-refractivity contribution in [1.82, 2.24) is 10.6 Å². The number of rotatable bonds is 8. The van der Waals surface area contributed by atoms with Crippen LogP contribution in [0.2, 0.25) is 0 Å². The third kappa shape index (κ3) is 6.43. The first kappa shape index (κ1) is 18.4. The van der Waals surface area contributed by atoms with Crippen molar-refractivity contribution in [2.24, 2.45) is 4.99 Å². The van der Waals surface area contributed by atoms with Crippen molar-refractivity contribution in [2.75, 3.05) is 7.05 Å². The van der Waals surface area contributed by atoms with E-state index in [1.54, 1.807) is 19.2 Å². The minimum absolute atomic E-state index is 0.291. The van der Waals surface area contributed by atoms with Crippen molar-refractivity contribution in [3.05, 3.63) is 35.1 Å². The van der Waals surface area contributed by atoms with Gasteiger partial charge in [-0.3, -0.25) is 4.99 Å². The normalized spacial score (nSPS) is 13.0. The average Bonchev–Trinajstić information content (AvgIpc) is 2.52. The molecule has 1 aromatic rings. The molecule has 0 aliphatic heterocycles. The lowest BCUT2D eigenvalue weighted by Crippen LogP contribution is -2.41. The number of hydrogen-bond donors (Lipinski definition) is 3. The van der Waals surface area contributed by atoms with E-state index in [9.17, 15) is 4.39 Å². The largest absolute Gasteiger partial charge is 0.392 e. The molecule has 0 bridgehead atoms. The molecule has 3 N–H and O–H groups in total. The van der Waals surface area contributed by atoms with Gasteiger partial charge < -0.3 is 15.7 Å². The molecule has 4 nitrogen and oxygen atoms in total. The van der Waals surface area contributed by atoms with E-state index in [1.165, 1.54) is 25.3 Å². The van der Waals surface area contributed by atoms with Gasteiger partial charge in [-0.1, -0.05) is 32.3 Å². The summed E-state index contributed by atoms with van der Waals surface area (Å²) in [6, 6.07) is 5.12. The van der Waals surface area contributed by atoms with Crippen LogP contribution in [-0.2, 0) is 13.2 Å². The molecule has 0 heterocycles. The second kappa shape index (κ2) is 10.2. The first-order valence-corrected chi connectivity index (χ1v) is 7.96. The standard InChI is InChI=1S/C17H28FN3O/c1-4-5-6-7-13(2)21-17(19-3)20-11-14-8-9-16(18)15(10-14)12-22/h8-10,13,22H,4-7,11-12H2,1-3H3,(H2,19,20,21). The van der Waals surface area contributed by atoms with Crippen LogP contribution in [0.4, 0.5) is 4.39 Å². The van der Waals surface area contributed by atoms with Crippen molar-refractivity contribution in [3.8, 4) is 0 Å². The fourth-order valence-electron chi connectivity index (χ4n) is 2.25. The summed E-state index contributed by atoms with van der Waals surface area (Å²) in [4.78, 5) is 4.20. The Kier molecular flexibility index (Phi) is 8.51. The molecule has 1 atom stereocenters. The summed E-state index contributed by atoms with van der Waals surface area (Å²) >= 11 is 0. The van der Waals surface area contributed by atoms with Gasteiger partial charge in [-0.25, -0.2) is 4.39 Å². The second-order valence-electron chi connectivity index (χ2n) is 5.55. The van der Waals surface area contributed by atoms with Crippen LogP contribution in [0.25, 0.3) is 0 Å².